The zero-order valence-electron chi connectivity index (χ0n) is 10.0. The molecule has 0 aromatic heterocycles. The van der Waals surface area contributed by atoms with Gasteiger partial charge in [-0.1, -0.05) is 0 Å². The van der Waals surface area contributed by atoms with Gasteiger partial charge in [-0.2, -0.15) is 5.53 Å². The van der Waals surface area contributed by atoms with E-state index in [4.69, 9.17) is 10.8 Å². The average molecular weight is 361 g/mol. The number of hydrogen-bond donors (Lipinski definition) is 3. The Morgan fingerprint density at radius 1 is 0.739 bits per heavy atom. The van der Waals surface area contributed by atoms with Crippen LogP contribution in [0.2, 0.25) is 0 Å². The zero-order valence-corrected chi connectivity index (χ0v) is 10.9. The van der Waals surface area contributed by atoms with Crippen LogP contribution in [0.5, 0.6) is 0 Å². The second-order valence-electron chi connectivity index (χ2n) is 1.80. The monoisotopic (exact) mass is 361 g/mol. The van der Waals surface area contributed by atoms with Crippen molar-refractivity contribution in [2.75, 3.05) is 0 Å². The fourth-order valence-electron chi connectivity index (χ4n) is 0.340. The fraction of sp³-hybridized carbons (Fsp3) is 0. The summed E-state index contributed by atoms with van der Waals surface area (Å²) in [6, 6.07) is 0. The van der Waals surface area contributed by atoms with Crippen LogP contribution in [0.25, 0.3) is 0 Å². The zero-order chi connectivity index (χ0) is 17.0. The van der Waals surface area contributed by atoms with Crippen LogP contribution in [-0.4, -0.2) is 10.6 Å². The van der Waals surface area contributed by atoms with Crippen molar-refractivity contribution >= 4 is 12.9 Å². The molecule has 22 nitrogen and oxygen atoms in total. The minimum atomic E-state index is -0.119. The van der Waals surface area contributed by atoms with E-state index in [-0.39, 0.29) is 5.34 Å². The van der Waals surface area contributed by atoms with Gasteiger partial charge in [0.15, 0.2) is 0 Å². The lowest BCUT2D eigenvalue weighted by Crippen LogP contribution is -2.19. The molecule has 0 saturated heterocycles. The van der Waals surface area contributed by atoms with Crippen molar-refractivity contribution in [1.29, 1.82) is 5.53 Å². The summed E-state index contributed by atoms with van der Waals surface area (Å²) < 4.78 is 3.66. The third-order valence-electron chi connectivity index (χ3n) is 0.783. The maximum Gasteiger partial charge on any atom is 0.0559 e. The normalized spacial score (nSPS) is 12.6. The second-order valence-corrected chi connectivity index (χ2v) is 1.95. The van der Waals surface area contributed by atoms with Gasteiger partial charge in [0.05, 0.1) is 5.34 Å². The van der Waals surface area contributed by atoms with Gasteiger partial charge < -0.3 is 0 Å². The number of hydrogen-bond acceptors (Lipinski definition) is 12. The Labute approximate surface area is 127 Å². The highest BCUT2D eigenvalue weighted by molar-refractivity contribution is 7.74. The van der Waals surface area contributed by atoms with E-state index in [1.165, 1.54) is 0 Å². The molecule has 0 heterocycles. The van der Waals surface area contributed by atoms with E-state index in [0.29, 0.717) is 0 Å². The smallest absolute Gasteiger partial charge is 0.0559 e. The molecule has 0 bridgehead atoms. The Hall–Kier alpha value is -2.61. The summed E-state index contributed by atoms with van der Waals surface area (Å²) in [6.07, 6.45) is 0. The molecule has 0 saturated carbocycles. The number of nitrogens with zero attached hydrogens (tertiary/aromatic N) is 12. The van der Waals surface area contributed by atoms with Crippen LogP contribution in [-0.2, 0) is 39.5 Å². The van der Waals surface area contributed by atoms with Gasteiger partial charge in [0, 0.05) is 39.0 Å². The minimum absolute atomic E-state index is 0.119. The molecule has 0 aliphatic heterocycles. The van der Waals surface area contributed by atoms with E-state index in [1.54, 1.807) is 0 Å². The van der Waals surface area contributed by atoms with Crippen LogP contribution in [0, 0.1) is 5.53 Å². The highest BCUT2D eigenvalue weighted by atomic mass is 32.1. The molecule has 0 aromatic rings. The van der Waals surface area contributed by atoms with Crippen LogP contribution < -0.4 is 0 Å². The third kappa shape index (κ3) is 15.6. The molecule has 0 aliphatic rings. The van der Waals surface area contributed by atoms with Crippen molar-refractivity contribution < 1.29 is 44.8 Å². The van der Waals surface area contributed by atoms with Gasteiger partial charge >= 0.3 is 0 Å². The van der Waals surface area contributed by atoms with E-state index in [2.05, 4.69) is 110 Å². The molecule has 0 unspecified atom stereocenters. The molecule has 23 heavy (non-hydrogen) atoms. The Balaban J connectivity index is 4.15. The fourth-order valence-corrected chi connectivity index (χ4v) is 0.365. The van der Waals surface area contributed by atoms with E-state index in [9.17, 15) is 0 Å². The van der Waals surface area contributed by atoms with Crippen molar-refractivity contribution in [2.24, 2.45) is 57.5 Å². The molecule has 128 valence electrons. The van der Waals surface area contributed by atoms with E-state index in [0.717, 1.165) is 0 Å². The lowest BCUT2D eigenvalue weighted by molar-refractivity contribution is -0.784. The van der Waals surface area contributed by atoms with E-state index >= 15 is 0 Å². The molecule has 2 N–H and O–H groups in total. The molecular formula is H3N13O9S. The Morgan fingerprint density at radius 3 is 1.78 bits per heavy atom. The lowest BCUT2D eigenvalue weighted by Gasteiger charge is -2.07. The molecule has 0 radical (unpaired) electrons. The first kappa shape index (κ1) is 20.4. The maximum absolute atomic E-state index is 7.73. The Morgan fingerprint density at radius 2 is 1.26 bits per heavy atom. The van der Waals surface area contributed by atoms with Gasteiger partial charge in [0.2, 0.25) is 0 Å². The van der Waals surface area contributed by atoms with Crippen LogP contribution >= 0.6 is 12.9 Å². The number of thiol groups is 1. The van der Waals surface area contributed by atoms with Gasteiger partial charge in [-0.15, -0.1) is 4.33 Å². The average Bonchev–Trinajstić information content (AvgIpc) is 2.56. The third-order valence-corrected chi connectivity index (χ3v) is 0.843. The molecule has 0 atom stereocenters. The first-order chi connectivity index (χ1) is 11.3. The Kier molecular flexibility index (Phi) is 15.5. The van der Waals surface area contributed by atoms with Gasteiger partial charge in [-0.25, -0.2) is 5.26 Å². The second kappa shape index (κ2) is 17.4. The summed E-state index contributed by atoms with van der Waals surface area (Å²) >= 11 is 3.10. The molecule has 0 spiro atoms. The molecular weight excluding hydrogens is 358 g/mol. The Bertz CT molecular complexity index is 408. The van der Waals surface area contributed by atoms with Crippen molar-refractivity contribution in [2.45, 2.75) is 0 Å². The molecule has 0 rings (SSSR count). The first-order valence-corrected chi connectivity index (χ1v) is 4.52. The molecule has 0 aromatic carbocycles. The van der Waals surface area contributed by atoms with Crippen LogP contribution in [0.1, 0.15) is 0 Å². The highest BCUT2D eigenvalue weighted by Gasteiger charge is 2.08. The summed E-state index contributed by atoms with van der Waals surface area (Å²) in [5.74, 6) is 0. The standard InChI is InChI=1S/H3N13O9S/c1-2-3-4-5-6-7-8-9-10-11-12-13(15-18-20-17-14)16-19-21-22-23/h1,14,23H/b2-1?,4-3+,6-5+,8-7+,10-9+,12-11+. The van der Waals surface area contributed by atoms with Gasteiger partial charge in [0.1, 0.15) is 0 Å². The number of nitrogens with one attached hydrogen (secondary N) is 1. The van der Waals surface area contributed by atoms with Gasteiger partial charge in [0.25, 0.3) is 0 Å². The van der Waals surface area contributed by atoms with Crippen molar-refractivity contribution in [3.63, 3.8) is 0 Å². The molecule has 0 aliphatic carbocycles. The van der Waals surface area contributed by atoms with Crippen molar-refractivity contribution in [1.82, 2.24) is 5.34 Å². The lowest BCUT2D eigenvalue weighted by atomic mass is 12.3. The predicted octanol–water partition coefficient (Wildman–Crippen LogP) is 1.84. The summed E-state index contributed by atoms with van der Waals surface area (Å²) in [6.45, 7) is 0. The highest BCUT2D eigenvalue weighted by Crippen LogP contribution is 2.00. The molecule has 0 amide bonds. The summed E-state index contributed by atoms with van der Waals surface area (Å²) in [7, 11) is 0. The molecule has 0 fully saturated rings. The quantitative estimate of drug-likeness (QED) is 0.101. The summed E-state index contributed by atoms with van der Waals surface area (Å²) in [5, 5.41) is 56.3. The SMILES string of the molecule is N=N/N=N/N=N/N=N/N=N/N=N/N(OOOOO)OOOOS. The van der Waals surface area contributed by atoms with Gasteiger partial charge in [-0.05, 0) is 66.5 Å². The van der Waals surface area contributed by atoms with Crippen molar-refractivity contribution in [3.05, 3.63) is 0 Å². The van der Waals surface area contributed by atoms with Crippen LogP contribution in [0.3, 0.4) is 0 Å². The largest absolute Gasteiger partial charge is 0.219 e. The first-order valence-electron chi connectivity index (χ1n) is 4.15. The summed E-state index contributed by atoms with van der Waals surface area (Å²) in [4.78, 5) is 7.92. The van der Waals surface area contributed by atoms with Crippen LogP contribution in [0.15, 0.2) is 57.5 Å². The summed E-state index contributed by atoms with van der Waals surface area (Å²) in [5.41, 5.74) is 6.20. The van der Waals surface area contributed by atoms with Gasteiger partial charge in [-0.3, -0.25) is 0 Å². The maximum atomic E-state index is 7.73. The number of rotatable bonds is 14. The van der Waals surface area contributed by atoms with E-state index in [1.807, 2.05) is 0 Å². The topological polar surface area (TPSA) is 257 Å². The predicted molar refractivity (Wildman–Crippen MR) is 51.6 cm³/mol. The molecule has 23 heteroatoms. The van der Waals surface area contributed by atoms with Crippen LogP contribution in [0.4, 0.5) is 0 Å². The van der Waals surface area contributed by atoms with E-state index < -0.39 is 0 Å². The van der Waals surface area contributed by atoms with Crippen molar-refractivity contribution in [3.8, 4) is 0 Å². The minimum Gasteiger partial charge on any atom is -0.219 e.